The Morgan fingerprint density at radius 2 is 1.83 bits per heavy atom. The molecule has 0 atom stereocenters. The van der Waals surface area contributed by atoms with Crippen molar-refractivity contribution in [2.24, 2.45) is 0 Å². The van der Waals surface area contributed by atoms with Crippen molar-refractivity contribution in [3.8, 4) is 0 Å². The quantitative estimate of drug-likeness (QED) is 0.834. The van der Waals surface area contributed by atoms with E-state index in [9.17, 15) is 13.6 Å². The number of rotatable bonds is 5. The number of alkyl halides is 2. The summed E-state index contributed by atoms with van der Waals surface area (Å²) < 4.78 is 25.2. The van der Waals surface area contributed by atoms with Gasteiger partial charge >= 0.3 is 0 Å². The predicted molar refractivity (Wildman–Crippen MR) is 89.7 cm³/mol. The van der Waals surface area contributed by atoms with Gasteiger partial charge in [-0.25, -0.2) is 9.97 Å². The van der Waals surface area contributed by atoms with E-state index in [1.165, 1.54) is 24.5 Å². The van der Waals surface area contributed by atoms with Gasteiger partial charge in [0.1, 0.15) is 0 Å². The zero-order valence-corrected chi connectivity index (χ0v) is 13.6. The first-order valence-electron chi connectivity index (χ1n) is 7.55. The highest BCUT2D eigenvalue weighted by Gasteiger charge is 2.17. The molecule has 0 radical (unpaired) electrons. The number of hydrogen-bond acceptors (Lipinski definition) is 5. The van der Waals surface area contributed by atoms with E-state index in [1.807, 2.05) is 0 Å². The molecule has 5 nitrogen and oxygen atoms in total. The number of benzene rings is 1. The molecule has 0 bridgehead atoms. The van der Waals surface area contributed by atoms with Crippen molar-refractivity contribution in [2.45, 2.75) is 23.5 Å². The summed E-state index contributed by atoms with van der Waals surface area (Å²) in [6.45, 7) is 1.87. The molecule has 0 unspecified atom stereocenters. The van der Waals surface area contributed by atoms with Crippen molar-refractivity contribution >= 4 is 29.3 Å². The van der Waals surface area contributed by atoms with Gasteiger partial charge in [0.2, 0.25) is 5.95 Å². The molecule has 0 saturated carbocycles. The molecule has 24 heavy (non-hydrogen) atoms. The van der Waals surface area contributed by atoms with Crippen LogP contribution in [0.25, 0.3) is 0 Å². The zero-order chi connectivity index (χ0) is 16.9. The number of anilines is 2. The summed E-state index contributed by atoms with van der Waals surface area (Å²) in [5.41, 5.74) is 0.631. The molecule has 1 amide bonds. The van der Waals surface area contributed by atoms with Gasteiger partial charge < -0.3 is 10.2 Å². The number of carbonyl (C=O) groups is 1. The highest BCUT2D eigenvalue weighted by molar-refractivity contribution is 7.99. The Balaban J connectivity index is 1.70. The van der Waals surface area contributed by atoms with Gasteiger partial charge in [-0.15, -0.1) is 0 Å². The van der Waals surface area contributed by atoms with Gasteiger partial charge in [-0.3, -0.25) is 4.79 Å². The van der Waals surface area contributed by atoms with Crippen molar-refractivity contribution in [1.82, 2.24) is 9.97 Å². The summed E-state index contributed by atoms with van der Waals surface area (Å²) in [6, 6.07) is 6.27. The van der Waals surface area contributed by atoms with Crippen molar-refractivity contribution < 1.29 is 13.6 Å². The standard InChI is InChI=1S/C16H16F2N4OS/c17-15(18)24-13-6-2-1-5-12(13)14(23)21-11-9-19-16(20-10-11)22-7-3-4-8-22/h1-2,5-6,9-10,15H,3-4,7-8H2,(H,21,23). The third kappa shape index (κ3) is 4.00. The number of carbonyl (C=O) groups excluding carboxylic acids is 1. The molecule has 3 rings (SSSR count). The number of nitrogens with one attached hydrogen (secondary N) is 1. The molecule has 1 N–H and O–H groups in total. The monoisotopic (exact) mass is 350 g/mol. The van der Waals surface area contributed by atoms with E-state index in [1.54, 1.807) is 12.1 Å². The second-order valence-corrected chi connectivity index (χ2v) is 6.33. The fraction of sp³-hybridized carbons (Fsp3) is 0.312. The molecule has 2 heterocycles. The van der Waals surface area contributed by atoms with E-state index in [0.29, 0.717) is 23.4 Å². The number of hydrogen-bond donors (Lipinski definition) is 1. The first kappa shape index (κ1) is 16.6. The van der Waals surface area contributed by atoms with Gasteiger partial charge in [0.05, 0.1) is 23.6 Å². The number of thioether (sulfide) groups is 1. The number of halogens is 2. The lowest BCUT2D eigenvalue weighted by Crippen LogP contribution is -2.20. The lowest BCUT2D eigenvalue weighted by atomic mass is 10.2. The van der Waals surface area contributed by atoms with Gasteiger partial charge in [0.15, 0.2) is 0 Å². The Hall–Kier alpha value is -2.22. The first-order valence-corrected chi connectivity index (χ1v) is 8.43. The first-order chi connectivity index (χ1) is 11.6. The van der Waals surface area contributed by atoms with Gasteiger partial charge in [-0.05, 0) is 25.0 Å². The SMILES string of the molecule is O=C(Nc1cnc(N2CCCC2)nc1)c1ccccc1SC(F)F. The zero-order valence-electron chi connectivity index (χ0n) is 12.8. The highest BCUT2D eigenvalue weighted by atomic mass is 32.2. The average molecular weight is 350 g/mol. The minimum absolute atomic E-state index is 0.200. The second-order valence-electron chi connectivity index (χ2n) is 5.29. The maximum absolute atomic E-state index is 12.6. The van der Waals surface area contributed by atoms with Crippen LogP contribution >= 0.6 is 11.8 Å². The molecule has 1 aliphatic rings. The van der Waals surface area contributed by atoms with Crippen LogP contribution in [0.2, 0.25) is 0 Å². The fourth-order valence-corrected chi connectivity index (χ4v) is 3.15. The third-order valence-electron chi connectivity index (χ3n) is 3.63. The van der Waals surface area contributed by atoms with Crippen LogP contribution in [0.1, 0.15) is 23.2 Å². The molecule has 0 aliphatic carbocycles. The molecule has 8 heteroatoms. The lowest BCUT2D eigenvalue weighted by molar-refractivity contribution is 0.102. The lowest BCUT2D eigenvalue weighted by Gasteiger charge is -2.15. The molecular weight excluding hydrogens is 334 g/mol. The van der Waals surface area contributed by atoms with Crippen LogP contribution in [0.4, 0.5) is 20.4 Å². The van der Waals surface area contributed by atoms with Crippen LogP contribution < -0.4 is 10.2 Å². The predicted octanol–water partition coefficient (Wildman–Crippen LogP) is 3.64. The maximum Gasteiger partial charge on any atom is 0.288 e. The van der Waals surface area contributed by atoms with Gasteiger partial charge in [-0.1, -0.05) is 23.9 Å². The maximum atomic E-state index is 12.6. The molecule has 0 spiro atoms. The summed E-state index contributed by atoms with van der Waals surface area (Å²) in [7, 11) is 0. The number of aromatic nitrogens is 2. The summed E-state index contributed by atoms with van der Waals surface area (Å²) in [4.78, 5) is 23.1. The third-order valence-corrected chi connectivity index (χ3v) is 4.42. The molecule has 1 saturated heterocycles. The molecule has 126 valence electrons. The van der Waals surface area contributed by atoms with Crippen LogP contribution in [-0.4, -0.2) is 34.7 Å². The summed E-state index contributed by atoms with van der Waals surface area (Å²) in [6.07, 6.45) is 5.31. The van der Waals surface area contributed by atoms with Crippen LogP contribution in [0.15, 0.2) is 41.6 Å². The van der Waals surface area contributed by atoms with E-state index in [0.717, 1.165) is 25.9 Å². The molecule has 1 aromatic heterocycles. The van der Waals surface area contributed by atoms with E-state index >= 15 is 0 Å². The second kappa shape index (κ2) is 7.57. The van der Waals surface area contributed by atoms with Gasteiger partial charge in [-0.2, -0.15) is 8.78 Å². The van der Waals surface area contributed by atoms with Crippen molar-refractivity contribution in [3.05, 3.63) is 42.2 Å². The average Bonchev–Trinajstić information content (AvgIpc) is 3.10. The van der Waals surface area contributed by atoms with E-state index in [-0.39, 0.29) is 10.5 Å². The number of amides is 1. The highest BCUT2D eigenvalue weighted by Crippen LogP contribution is 2.28. The van der Waals surface area contributed by atoms with Gasteiger partial charge in [0, 0.05) is 18.0 Å². The van der Waals surface area contributed by atoms with E-state index < -0.39 is 11.7 Å². The Morgan fingerprint density at radius 3 is 2.50 bits per heavy atom. The van der Waals surface area contributed by atoms with E-state index in [2.05, 4.69) is 20.2 Å². The minimum Gasteiger partial charge on any atom is -0.341 e. The molecule has 1 aromatic carbocycles. The Morgan fingerprint density at radius 1 is 1.17 bits per heavy atom. The van der Waals surface area contributed by atoms with Crippen LogP contribution in [0, 0.1) is 0 Å². The van der Waals surface area contributed by atoms with E-state index in [4.69, 9.17) is 0 Å². The smallest absolute Gasteiger partial charge is 0.288 e. The van der Waals surface area contributed by atoms with Gasteiger partial charge in [0.25, 0.3) is 11.7 Å². The minimum atomic E-state index is -2.58. The Labute approximate surface area is 142 Å². The van der Waals surface area contributed by atoms with Crippen molar-refractivity contribution in [1.29, 1.82) is 0 Å². The molecular formula is C16H16F2N4OS. The fourth-order valence-electron chi connectivity index (χ4n) is 2.52. The number of nitrogens with zero attached hydrogens (tertiary/aromatic N) is 3. The molecule has 1 aliphatic heterocycles. The molecule has 2 aromatic rings. The molecule has 1 fully saturated rings. The Kier molecular flexibility index (Phi) is 5.24. The van der Waals surface area contributed by atoms with Crippen LogP contribution in [0.3, 0.4) is 0 Å². The summed E-state index contributed by atoms with van der Waals surface area (Å²) in [5.74, 6) is -2.41. The Bertz CT molecular complexity index is 705. The largest absolute Gasteiger partial charge is 0.341 e. The summed E-state index contributed by atoms with van der Waals surface area (Å²) >= 11 is 0.351. The van der Waals surface area contributed by atoms with Crippen molar-refractivity contribution in [3.63, 3.8) is 0 Å². The normalized spacial score (nSPS) is 14.2. The summed E-state index contributed by atoms with van der Waals surface area (Å²) in [5, 5.41) is 2.65. The van der Waals surface area contributed by atoms with Crippen LogP contribution in [-0.2, 0) is 0 Å². The van der Waals surface area contributed by atoms with Crippen molar-refractivity contribution in [2.75, 3.05) is 23.3 Å². The topological polar surface area (TPSA) is 58.1 Å². The van der Waals surface area contributed by atoms with Crippen LogP contribution in [0.5, 0.6) is 0 Å².